The molecule has 150 valence electrons. The molecule has 4 rings (SSSR count). The highest BCUT2D eigenvalue weighted by Gasteiger charge is 2.29. The lowest BCUT2D eigenvalue weighted by molar-refractivity contribution is -0.384. The summed E-state index contributed by atoms with van der Waals surface area (Å²) in [6.45, 7) is 3.53. The number of benzene rings is 1. The van der Waals surface area contributed by atoms with Crippen molar-refractivity contribution >= 4 is 50.9 Å². The van der Waals surface area contributed by atoms with Crippen molar-refractivity contribution in [1.82, 2.24) is 19.9 Å². The zero-order chi connectivity index (χ0) is 20.5. The number of carbonyl (C=O) groups is 1. The van der Waals surface area contributed by atoms with E-state index in [0.29, 0.717) is 36.7 Å². The number of non-ortho nitro benzene ring substituents is 1. The molecule has 0 bridgehead atoms. The number of nitro groups is 1. The third-order valence-corrected chi connectivity index (χ3v) is 5.43. The summed E-state index contributed by atoms with van der Waals surface area (Å²) in [5.41, 5.74) is 8.74. The average molecular weight is 414 g/mol. The minimum atomic E-state index is -0.480. The van der Waals surface area contributed by atoms with E-state index in [0.717, 1.165) is 4.83 Å². The minimum absolute atomic E-state index is 0.00874. The quantitative estimate of drug-likeness (QED) is 0.491. The Morgan fingerprint density at radius 1 is 1.31 bits per heavy atom. The summed E-state index contributed by atoms with van der Waals surface area (Å²) in [5, 5.41) is 13.5. The molecule has 1 saturated heterocycles. The van der Waals surface area contributed by atoms with Crippen molar-refractivity contribution in [2.45, 2.75) is 13.0 Å². The number of rotatable bonds is 3. The molecule has 12 heteroatoms. The topological polar surface area (TPSA) is 143 Å². The fourth-order valence-electron chi connectivity index (χ4n) is 3.29. The van der Waals surface area contributed by atoms with Crippen molar-refractivity contribution in [2.75, 3.05) is 35.6 Å². The predicted molar refractivity (Wildman–Crippen MR) is 110 cm³/mol. The van der Waals surface area contributed by atoms with E-state index in [1.165, 1.54) is 35.6 Å². The molecule has 1 aliphatic heterocycles. The fraction of sp³-hybridized carbons (Fsp3) is 0.294. The number of nitrogens with two attached hydrogens (primary N) is 1. The molecule has 1 aromatic carbocycles. The molecule has 1 atom stereocenters. The second-order valence-corrected chi connectivity index (χ2v) is 7.47. The Labute approximate surface area is 169 Å². The molecule has 0 radical (unpaired) electrons. The van der Waals surface area contributed by atoms with Crippen molar-refractivity contribution in [3.05, 3.63) is 39.9 Å². The number of nitrogen functional groups attached to an aromatic ring is 1. The van der Waals surface area contributed by atoms with E-state index in [1.54, 1.807) is 10.4 Å². The molecule has 1 unspecified atom stereocenters. The van der Waals surface area contributed by atoms with Crippen LogP contribution in [0.2, 0.25) is 0 Å². The zero-order valence-electron chi connectivity index (χ0n) is 15.5. The Kier molecular flexibility index (Phi) is 4.84. The van der Waals surface area contributed by atoms with Gasteiger partial charge < -0.3 is 20.9 Å². The zero-order valence-corrected chi connectivity index (χ0v) is 16.3. The molecule has 3 N–H and O–H groups in total. The van der Waals surface area contributed by atoms with Gasteiger partial charge in [-0.3, -0.25) is 10.1 Å². The number of thiazole rings is 1. The summed E-state index contributed by atoms with van der Waals surface area (Å²) in [7, 11) is 0. The number of amides is 2. The summed E-state index contributed by atoms with van der Waals surface area (Å²) >= 11 is 1.40. The lowest BCUT2D eigenvalue weighted by atomic mass is 10.2. The molecule has 3 heterocycles. The molecule has 11 nitrogen and oxygen atoms in total. The lowest BCUT2D eigenvalue weighted by Gasteiger charge is -2.40. The van der Waals surface area contributed by atoms with Gasteiger partial charge in [0, 0.05) is 43.5 Å². The van der Waals surface area contributed by atoms with Crippen LogP contribution >= 0.6 is 11.3 Å². The van der Waals surface area contributed by atoms with Crippen LogP contribution in [0.5, 0.6) is 0 Å². The minimum Gasteiger partial charge on any atom is -0.368 e. The van der Waals surface area contributed by atoms with Gasteiger partial charge in [0.2, 0.25) is 5.95 Å². The molecule has 0 aliphatic carbocycles. The van der Waals surface area contributed by atoms with Gasteiger partial charge in [-0.15, -0.1) is 11.3 Å². The first-order chi connectivity index (χ1) is 13.9. The second-order valence-electron chi connectivity index (χ2n) is 6.63. The first kappa shape index (κ1) is 18.8. The first-order valence-electron chi connectivity index (χ1n) is 8.86. The van der Waals surface area contributed by atoms with Gasteiger partial charge in [-0.25, -0.2) is 14.8 Å². The highest BCUT2D eigenvalue weighted by Crippen LogP contribution is 2.29. The Morgan fingerprint density at radius 2 is 2.07 bits per heavy atom. The predicted octanol–water partition coefficient (Wildman–Crippen LogP) is 2.32. The number of nitro benzene ring substituents is 1. The van der Waals surface area contributed by atoms with Crippen LogP contribution in [0.4, 0.5) is 27.9 Å². The third kappa shape index (κ3) is 3.74. The number of urea groups is 1. The smallest absolute Gasteiger partial charge is 0.321 e. The van der Waals surface area contributed by atoms with Gasteiger partial charge >= 0.3 is 6.03 Å². The number of hydrogen-bond acceptors (Lipinski definition) is 9. The van der Waals surface area contributed by atoms with E-state index < -0.39 is 4.92 Å². The molecule has 2 amide bonds. The van der Waals surface area contributed by atoms with Crippen LogP contribution in [0.15, 0.2) is 29.8 Å². The Hall–Kier alpha value is -3.54. The maximum absolute atomic E-state index is 12.6. The number of hydrogen-bond donors (Lipinski definition) is 2. The van der Waals surface area contributed by atoms with Crippen molar-refractivity contribution < 1.29 is 9.72 Å². The van der Waals surface area contributed by atoms with Gasteiger partial charge in [-0.1, -0.05) is 0 Å². The SMILES string of the molecule is CC1CN(C(=O)Nc2ccc([N+](=O)[O-])cc2)CCN1c1nc(N)nc2scnc12. The number of nitrogens with zero attached hydrogens (tertiary/aromatic N) is 6. The van der Waals surface area contributed by atoms with Crippen LogP contribution in [0.25, 0.3) is 10.3 Å². The molecular formula is C17H18N8O3S. The van der Waals surface area contributed by atoms with E-state index in [4.69, 9.17) is 5.73 Å². The highest BCUT2D eigenvalue weighted by atomic mass is 32.1. The van der Waals surface area contributed by atoms with E-state index in [2.05, 4.69) is 25.2 Å². The van der Waals surface area contributed by atoms with Crippen molar-refractivity contribution in [3.8, 4) is 0 Å². The average Bonchev–Trinajstić information content (AvgIpc) is 3.16. The fourth-order valence-corrected chi connectivity index (χ4v) is 3.95. The van der Waals surface area contributed by atoms with Crippen LogP contribution in [-0.2, 0) is 0 Å². The Bertz CT molecular complexity index is 1070. The molecule has 0 spiro atoms. The molecule has 1 aliphatic rings. The summed E-state index contributed by atoms with van der Waals surface area (Å²) in [6.07, 6.45) is 0. The highest BCUT2D eigenvalue weighted by molar-refractivity contribution is 7.16. The second kappa shape index (κ2) is 7.47. The van der Waals surface area contributed by atoms with Crippen LogP contribution in [0, 0.1) is 10.1 Å². The molecule has 0 saturated carbocycles. The number of piperazine rings is 1. The van der Waals surface area contributed by atoms with Crippen molar-refractivity contribution in [2.24, 2.45) is 0 Å². The molecular weight excluding hydrogens is 396 g/mol. The van der Waals surface area contributed by atoms with Crippen molar-refractivity contribution in [1.29, 1.82) is 0 Å². The van der Waals surface area contributed by atoms with Gasteiger partial charge in [0.15, 0.2) is 10.6 Å². The summed E-state index contributed by atoms with van der Waals surface area (Å²) in [6, 6.07) is 5.47. The van der Waals surface area contributed by atoms with Crippen LogP contribution in [0.1, 0.15) is 6.92 Å². The monoisotopic (exact) mass is 414 g/mol. The molecule has 29 heavy (non-hydrogen) atoms. The third-order valence-electron chi connectivity index (χ3n) is 4.71. The van der Waals surface area contributed by atoms with Gasteiger partial charge in [-0.05, 0) is 19.1 Å². The summed E-state index contributed by atoms with van der Waals surface area (Å²) in [4.78, 5) is 40.3. The molecule has 1 fully saturated rings. The summed E-state index contributed by atoms with van der Waals surface area (Å²) in [5.74, 6) is 0.874. The van der Waals surface area contributed by atoms with Gasteiger partial charge in [-0.2, -0.15) is 4.98 Å². The Morgan fingerprint density at radius 3 is 2.76 bits per heavy atom. The lowest BCUT2D eigenvalue weighted by Crippen LogP contribution is -2.55. The van der Waals surface area contributed by atoms with Gasteiger partial charge in [0.25, 0.3) is 5.69 Å². The van der Waals surface area contributed by atoms with E-state index >= 15 is 0 Å². The van der Waals surface area contributed by atoms with Crippen LogP contribution in [-0.4, -0.2) is 56.5 Å². The van der Waals surface area contributed by atoms with E-state index in [-0.39, 0.29) is 23.7 Å². The number of nitrogens with one attached hydrogen (secondary N) is 1. The molecule has 2 aromatic heterocycles. The van der Waals surface area contributed by atoms with Crippen molar-refractivity contribution in [3.63, 3.8) is 0 Å². The number of anilines is 3. The summed E-state index contributed by atoms with van der Waals surface area (Å²) < 4.78 is 0. The maximum Gasteiger partial charge on any atom is 0.321 e. The normalized spacial score (nSPS) is 16.8. The Balaban J connectivity index is 1.45. The largest absolute Gasteiger partial charge is 0.368 e. The number of carbonyl (C=O) groups excluding carboxylic acids is 1. The van der Waals surface area contributed by atoms with Gasteiger partial charge in [0.05, 0.1) is 10.4 Å². The number of aromatic nitrogens is 3. The first-order valence-corrected chi connectivity index (χ1v) is 9.74. The van der Waals surface area contributed by atoms with Gasteiger partial charge in [0.1, 0.15) is 5.52 Å². The molecule has 3 aromatic rings. The van der Waals surface area contributed by atoms with Crippen LogP contribution in [0.3, 0.4) is 0 Å². The number of fused-ring (bicyclic) bond motifs is 1. The van der Waals surface area contributed by atoms with Crippen LogP contribution < -0.4 is 16.0 Å². The van der Waals surface area contributed by atoms with E-state index in [9.17, 15) is 14.9 Å². The standard InChI is InChI=1S/C17H18N8O3S/c1-10-8-23(17(26)20-11-2-4-12(5-3-11)25(27)28)6-7-24(10)14-13-15(29-9-19-13)22-16(18)21-14/h2-5,9-10H,6-8H2,1H3,(H,20,26)(H2,18,21,22). The maximum atomic E-state index is 12.6. The van der Waals surface area contributed by atoms with E-state index in [1.807, 2.05) is 6.92 Å².